The number of hydrogen-bond acceptors (Lipinski definition) is 4. The van der Waals surface area contributed by atoms with Gasteiger partial charge in [0.25, 0.3) is 5.91 Å². The number of nitrogens with one attached hydrogen (secondary N) is 1. The van der Waals surface area contributed by atoms with Crippen LogP contribution >= 0.6 is 15.9 Å². The molecule has 3 rings (SSSR count). The minimum Gasteiger partial charge on any atom is -0.496 e. The fraction of sp³-hybridized carbons (Fsp3) is 0.522. The van der Waals surface area contributed by atoms with Gasteiger partial charge in [0.1, 0.15) is 11.4 Å². The van der Waals surface area contributed by atoms with Crippen LogP contribution in [0.4, 0.5) is 0 Å². The van der Waals surface area contributed by atoms with Gasteiger partial charge in [-0.3, -0.25) is 9.59 Å². The maximum absolute atomic E-state index is 12.9. The molecule has 0 atom stereocenters. The molecule has 2 N–H and O–H groups in total. The molecule has 0 spiro atoms. The number of carboxylic acid groups (broad SMARTS) is 1. The minimum absolute atomic E-state index is 0.0217. The van der Waals surface area contributed by atoms with Crippen molar-refractivity contribution in [1.82, 2.24) is 10.3 Å². The monoisotopic (exact) mass is 476 g/mol. The van der Waals surface area contributed by atoms with Crippen LogP contribution in [0.25, 0.3) is 10.8 Å². The highest BCUT2D eigenvalue weighted by atomic mass is 79.9. The number of aliphatic carboxylic acids is 1. The van der Waals surface area contributed by atoms with E-state index in [0.29, 0.717) is 17.4 Å². The molecule has 1 amide bonds. The van der Waals surface area contributed by atoms with E-state index in [1.165, 1.54) is 25.7 Å². The van der Waals surface area contributed by atoms with Gasteiger partial charge in [-0.2, -0.15) is 0 Å². The number of carboxylic acids is 1. The van der Waals surface area contributed by atoms with E-state index in [4.69, 9.17) is 14.8 Å². The number of amides is 1. The highest BCUT2D eigenvalue weighted by Crippen LogP contribution is 2.37. The van der Waals surface area contributed by atoms with Gasteiger partial charge in [0.15, 0.2) is 0 Å². The molecule has 0 saturated heterocycles. The smallest absolute Gasteiger partial charge is 0.303 e. The van der Waals surface area contributed by atoms with Crippen LogP contribution in [0.3, 0.4) is 0 Å². The maximum atomic E-state index is 12.9. The zero-order valence-electron chi connectivity index (χ0n) is 17.8. The van der Waals surface area contributed by atoms with Gasteiger partial charge in [-0.05, 0) is 36.0 Å². The molecule has 2 aromatic rings. The Balaban J connectivity index is 1.95. The molecular formula is C23H29BrN2O4. The Bertz CT molecular complexity index is 952. The maximum Gasteiger partial charge on any atom is 0.303 e. The van der Waals surface area contributed by atoms with E-state index in [9.17, 15) is 9.59 Å². The summed E-state index contributed by atoms with van der Waals surface area (Å²) in [6.07, 6.45) is 5.66. The SMILES string of the molecule is COc1ccc(Br)c2c(CC3CCCC3)nc(C(=O)NCC(C)(C)CC(=O)O)cc12. The summed E-state index contributed by atoms with van der Waals surface area (Å²) in [5.41, 5.74) is 0.685. The van der Waals surface area contributed by atoms with Gasteiger partial charge < -0.3 is 15.2 Å². The number of nitrogens with zero attached hydrogens (tertiary/aromatic N) is 1. The van der Waals surface area contributed by atoms with Crippen LogP contribution in [0.2, 0.25) is 0 Å². The number of ether oxygens (including phenoxy) is 1. The molecule has 1 fully saturated rings. The summed E-state index contributed by atoms with van der Waals surface area (Å²) in [7, 11) is 1.62. The van der Waals surface area contributed by atoms with Crippen molar-refractivity contribution in [3.05, 3.63) is 34.1 Å². The van der Waals surface area contributed by atoms with Crippen LogP contribution in [0.15, 0.2) is 22.7 Å². The molecule has 0 bridgehead atoms. The molecule has 0 unspecified atom stereocenters. The van der Waals surface area contributed by atoms with Crippen molar-refractivity contribution in [3.8, 4) is 5.75 Å². The Kier molecular flexibility index (Phi) is 7.01. The molecule has 1 saturated carbocycles. The third kappa shape index (κ3) is 5.31. The van der Waals surface area contributed by atoms with E-state index in [1.807, 2.05) is 26.0 Å². The van der Waals surface area contributed by atoms with Crippen LogP contribution in [0, 0.1) is 11.3 Å². The van der Waals surface area contributed by atoms with E-state index in [2.05, 4.69) is 21.2 Å². The van der Waals surface area contributed by atoms with Crippen molar-refractivity contribution in [2.24, 2.45) is 11.3 Å². The summed E-state index contributed by atoms with van der Waals surface area (Å²) >= 11 is 3.65. The Morgan fingerprint density at radius 3 is 2.63 bits per heavy atom. The molecule has 1 aromatic carbocycles. The summed E-state index contributed by atoms with van der Waals surface area (Å²) < 4.78 is 6.49. The zero-order chi connectivity index (χ0) is 21.9. The third-order valence-electron chi connectivity index (χ3n) is 5.75. The van der Waals surface area contributed by atoms with E-state index in [-0.39, 0.29) is 18.9 Å². The Morgan fingerprint density at radius 2 is 2.00 bits per heavy atom. The first-order valence-electron chi connectivity index (χ1n) is 10.4. The zero-order valence-corrected chi connectivity index (χ0v) is 19.3. The Labute approximate surface area is 185 Å². The molecule has 1 heterocycles. The summed E-state index contributed by atoms with van der Waals surface area (Å²) in [5.74, 6) is 0.0896. The van der Waals surface area contributed by atoms with Gasteiger partial charge in [-0.25, -0.2) is 4.98 Å². The second-order valence-corrected chi connectivity index (χ2v) is 9.75. The van der Waals surface area contributed by atoms with Crippen LogP contribution in [0.5, 0.6) is 5.75 Å². The molecule has 1 aliphatic rings. The van der Waals surface area contributed by atoms with Crippen molar-refractivity contribution in [2.45, 2.75) is 52.4 Å². The van der Waals surface area contributed by atoms with Crippen molar-refractivity contribution < 1.29 is 19.4 Å². The van der Waals surface area contributed by atoms with Crippen molar-refractivity contribution in [3.63, 3.8) is 0 Å². The number of hydrogen-bond donors (Lipinski definition) is 2. The summed E-state index contributed by atoms with van der Waals surface area (Å²) in [4.78, 5) is 28.7. The first-order chi connectivity index (χ1) is 14.2. The van der Waals surface area contributed by atoms with Gasteiger partial charge in [0, 0.05) is 21.8 Å². The topological polar surface area (TPSA) is 88.5 Å². The van der Waals surface area contributed by atoms with Gasteiger partial charge in [0.05, 0.1) is 19.2 Å². The number of benzene rings is 1. The number of methoxy groups -OCH3 is 1. The predicted octanol–water partition coefficient (Wildman–Crippen LogP) is 4.97. The highest BCUT2D eigenvalue weighted by molar-refractivity contribution is 9.10. The first-order valence-corrected chi connectivity index (χ1v) is 11.2. The average Bonchev–Trinajstić information content (AvgIpc) is 3.18. The van der Waals surface area contributed by atoms with E-state index >= 15 is 0 Å². The molecule has 162 valence electrons. The average molecular weight is 477 g/mol. The number of fused-ring (bicyclic) bond motifs is 1. The molecule has 30 heavy (non-hydrogen) atoms. The Hall–Kier alpha value is -2.15. The van der Waals surface area contributed by atoms with Crippen LogP contribution in [0.1, 0.15) is 62.1 Å². The number of carbonyl (C=O) groups is 2. The van der Waals surface area contributed by atoms with Crippen LogP contribution < -0.4 is 10.1 Å². The number of pyridine rings is 1. The van der Waals surface area contributed by atoms with E-state index < -0.39 is 11.4 Å². The van der Waals surface area contributed by atoms with Crippen molar-refractivity contribution in [2.75, 3.05) is 13.7 Å². The fourth-order valence-corrected chi connectivity index (χ4v) is 4.77. The van der Waals surface area contributed by atoms with E-state index in [0.717, 1.165) is 27.4 Å². The quantitative estimate of drug-likeness (QED) is 0.561. The van der Waals surface area contributed by atoms with Gasteiger partial charge in [0.2, 0.25) is 0 Å². The standard InChI is InChI=1S/C23H29BrN2O4/c1-23(2,12-20(27)28)13-25-22(29)18-11-15-19(30-3)9-8-16(24)21(15)17(26-18)10-14-6-4-5-7-14/h8-9,11,14H,4-7,10,12-13H2,1-3H3,(H,25,29)(H,27,28). The lowest BCUT2D eigenvalue weighted by atomic mass is 9.89. The van der Waals surface area contributed by atoms with Gasteiger partial charge in [-0.15, -0.1) is 0 Å². The minimum atomic E-state index is -0.883. The lowest BCUT2D eigenvalue weighted by Gasteiger charge is -2.23. The lowest BCUT2D eigenvalue weighted by molar-refractivity contribution is -0.139. The molecule has 0 radical (unpaired) electrons. The van der Waals surface area contributed by atoms with Crippen LogP contribution in [-0.4, -0.2) is 35.6 Å². The number of carbonyl (C=O) groups excluding carboxylic acids is 1. The number of rotatable bonds is 8. The fourth-order valence-electron chi connectivity index (χ4n) is 4.19. The van der Waals surface area contributed by atoms with Crippen molar-refractivity contribution >= 4 is 38.6 Å². The van der Waals surface area contributed by atoms with E-state index in [1.54, 1.807) is 13.2 Å². The molecule has 0 aliphatic heterocycles. The predicted molar refractivity (Wildman–Crippen MR) is 120 cm³/mol. The number of aromatic nitrogens is 1. The van der Waals surface area contributed by atoms with Crippen molar-refractivity contribution in [1.29, 1.82) is 0 Å². The lowest BCUT2D eigenvalue weighted by Crippen LogP contribution is -2.35. The molecule has 1 aliphatic carbocycles. The third-order valence-corrected chi connectivity index (χ3v) is 6.41. The summed E-state index contributed by atoms with van der Waals surface area (Å²) in [5, 5.41) is 13.8. The first kappa shape index (κ1) is 22.5. The summed E-state index contributed by atoms with van der Waals surface area (Å²) in [6.45, 7) is 3.90. The van der Waals surface area contributed by atoms with Gasteiger partial charge in [-0.1, -0.05) is 55.5 Å². The highest BCUT2D eigenvalue weighted by Gasteiger charge is 2.25. The normalized spacial score (nSPS) is 14.8. The molecular weight excluding hydrogens is 448 g/mol. The largest absolute Gasteiger partial charge is 0.496 e. The number of halogens is 1. The second kappa shape index (κ2) is 9.33. The second-order valence-electron chi connectivity index (χ2n) is 8.90. The Morgan fingerprint density at radius 1 is 1.30 bits per heavy atom. The summed E-state index contributed by atoms with van der Waals surface area (Å²) in [6, 6.07) is 5.59. The molecule has 7 heteroatoms. The van der Waals surface area contributed by atoms with Crippen LogP contribution in [-0.2, 0) is 11.2 Å². The van der Waals surface area contributed by atoms with Gasteiger partial charge >= 0.3 is 5.97 Å². The molecule has 6 nitrogen and oxygen atoms in total. The molecule has 1 aromatic heterocycles.